The predicted octanol–water partition coefficient (Wildman–Crippen LogP) is 4.00. The smallest absolute Gasteiger partial charge is 0.167 e. The quantitative estimate of drug-likeness (QED) is 0.696. The first-order chi connectivity index (χ1) is 12.5. The van der Waals surface area contributed by atoms with E-state index in [1.54, 1.807) is 19.2 Å². The van der Waals surface area contributed by atoms with Gasteiger partial charge in [0.15, 0.2) is 5.67 Å². The molecule has 1 atom stereocenters. The fourth-order valence-electron chi connectivity index (χ4n) is 3.88. The van der Waals surface area contributed by atoms with E-state index in [1.807, 2.05) is 18.2 Å². The summed E-state index contributed by atoms with van der Waals surface area (Å²) in [6, 6.07) is 7.55. The highest BCUT2D eigenvalue weighted by molar-refractivity contribution is 6.31. The van der Waals surface area contributed by atoms with E-state index in [9.17, 15) is 0 Å². The summed E-state index contributed by atoms with van der Waals surface area (Å²) in [5, 5.41) is 1.86. The number of alkyl halides is 1. The zero-order chi connectivity index (χ0) is 18.3. The van der Waals surface area contributed by atoms with Gasteiger partial charge in [-0.3, -0.25) is 0 Å². The van der Waals surface area contributed by atoms with E-state index >= 15 is 4.39 Å². The molecule has 0 bridgehead atoms. The molecular weight excluding hydrogens is 351 g/mol. The fraction of sp³-hybridized carbons (Fsp3) is 0.400. The second kappa shape index (κ2) is 6.63. The van der Waals surface area contributed by atoms with Crippen LogP contribution in [0.4, 0.5) is 4.39 Å². The maximum atomic E-state index is 15.6. The van der Waals surface area contributed by atoms with E-state index in [1.165, 1.54) is 17.6 Å². The van der Waals surface area contributed by atoms with Gasteiger partial charge in [-0.25, -0.2) is 14.4 Å². The Hall–Kier alpha value is -1.98. The van der Waals surface area contributed by atoms with Gasteiger partial charge in [0, 0.05) is 47.3 Å². The number of likely N-dealkylation sites (N-methyl/N-ethyl adjacent to an activating group) is 1. The zero-order valence-electron chi connectivity index (χ0n) is 15.0. The predicted molar refractivity (Wildman–Crippen MR) is 102 cm³/mol. The van der Waals surface area contributed by atoms with Crippen LogP contribution in [0.25, 0.3) is 10.9 Å². The molecule has 2 aromatic heterocycles. The van der Waals surface area contributed by atoms with Crippen molar-refractivity contribution in [3.63, 3.8) is 0 Å². The van der Waals surface area contributed by atoms with E-state index < -0.39 is 5.67 Å². The average Bonchev–Trinajstić information content (AvgIpc) is 2.76. The van der Waals surface area contributed by atoms with Crippen LogP contribution in [0.3, 0.4) is 0 Å². The fourth-order valence-corrected chi connectivity index (χ4v) is 4.05. The average molecular weight is 373 g/mol. The van der Waals surface area contributed by atoms with Gasteiger partial charge in [-0.15, -0.1) is 0 Å². The molecule has 1 aromatic carbocycles. The van der Waals surface area contributed by atoms with Crippen molar-refractivity contribution in [1.82, 2.24) is 19.4 Å². The third-order valence-corrected chi connectivity index (χ3v) is 5.53. The first-order valence-corrected chi connectivity index (χ1v) is 9.27. The molecule has 1 aliphatic heterocycles. The molecule has 1 unspecified atom stereocenters. The maximum Gasteiger partial charge on any atom is 0.167 e. The van der Waals surface area contributed by atoms with Crippen LogP contribution in [0.15, 0.2) is 36.8 Å². The number of aromatic nitrogens is 3. The van der Waals surface area contributed by atoms with Crippen molar-refractivity contribution in [3.05, 3.63) is 58.8 Å². The molecule has 0 saturated carbocycles. The summed E-state index contributed by atoms with van der Waals surface area (Å²) in [5.41, 5.74) is 2.38. The van der Waals surface area contributed by atoms with Crippen molar-refractivity contribution < 1.29 is 4.39 Å². The van der Waals surface area contributed by atoms with Gasteiger partial charge in [0.25, 0.3) is 0 Å². The number of benzene rings is 1. The molecule has 0 aliphatic carbocycles. The van der Waals surface area contributed by atoms with Gasteiger partial charge in [0.05, 0.1) is 12.2 Å². The molecule has 0 spiro atoms. The molecule has 3 aromatic rings. The van der Waals surface area contributed by atoms with Gasteiger partial charge in [0.2, 0.25) is 0 Å². The monoisotopic (exact) mass is 372 g/mol. The van der Waals surface area contributed by atoms with Crippen LogP contribution >= 0.6 is 11.6 Å². The molecule has 6 heteroatoms. The summed E-state index contributed by atoms with van der Waals surface area (Å²) >= 11 is 6.26. The number of hydrogen-bond donors (Lipinski definition) is 0. The summed E-state index contributed by atoms with van der Waals surface area (Å²) in [7, 11) is 2.13. The number of fused-ring (bicyclic) bond motifs is 3. The lowest BCUT2D eigenvalue weighted by Crippen LogP contribution is -2.26. The Morgan fingerprint density at radius 2 is 2.04 bits per heavy atom. The SMILES string of the molecule is CN1CCc2c(n(CC(C)(F)c3ccncn3)c3ccc(Cl)cc23)CC1. The maximum absolute atomic E-state index is 15.6. The Morgan fingerprint density at radius 1 is 1.23 bits per heavy atom. The van der Waals surface area contributed by atoms with Gasteiger partial charge >= 0.3 is 0 Å². The standard InChI is InChI=1S/C20H22ClFN4/c1-20(22,19-5-8-23-13-24-19)12-26-17-4-3-14(21)11-16(17)15-6-9-25(2)10-7-18(15)26/h3-5,8,11,13H,6-7,9-10,12H2,1-2H3. The first kappa shape index (κ1) is 17.4. The molecule has 3 heterocycles. The van der Waals surface area contributed by atoms with E-state index in [2.05, 4.69) is 26.5 Å². The molecular formula is C20H22ClFN4. The van der Waals surface area contributed by atoms with Crippen molar-refractivity contribution in [2.45, 2.75) is 32.0 Å². The van der Waals surface area contributed by atoms with Gasteiger partial charge in [-0.2, -0.15) is 0 Å². The molecule has 0 radical (unpaired) electrons. The number of rotatable bonds is 3. The van der Waals surface area contributed by atoms with Crippen LogP contribution in [-0.4, -0.2) is 39.6 Å². The first-order valence-electron chi connectivity index (χ1n) is 8.89. The number of nitrogens with zero attached hydrogens (tertiary/aromatic N) is 4. The zero-order valence-corrected chi connectivity index (χ0v) is 15.8. The summed E-state index contributed by atoms with van der Waals surface area (Å²) in [5.74, 6) is 0. The Kier molecular flexibility index (Phi) is 4.45. The van der Waals surface area contributed by atoms with Crippen LogP contribution in [0.5, 0.6) is 0 Å². The second-order valence-electron chi connectivity index (χ2n) is 7.27. The van der Waals surface area contributed by atoms with Crippen molar-refractivity contribution >= 4 is 22.5 Å². The highest BCUT2D eigenvalue weighted by atomic mass is 35.5. The molecule has 136 valence electrons. The second-order valence-corrected chi connectivity index (χ2v) is 7.70. The summed E-state index contributed by atoms with van der Waals surface area (Å²) in [6.07, 6.45) is 4.84. The molecule has 0 saturated heterocycles. The highest BCUT2D eigenvalue weighted by Crippen LogP contribution is 2.35. The van der Waals surface area contributed by atoms with E-state index in [0.29, 0.717) is 10.7 Å². The normalized spacial score (nSPS) is 17.7. The summed E-state index contributed by atoms with van der Waals surface area (Å²) in [4.78, 5) is 10.4. The van der Waals surface area contributed by atoms with Crippen LogP contribution in [-0.2, 0) is 25.1 Å². The molecule has 0 fully saturated rings. The Labute approximate surface area is 157 Å². The molecule has 4 nitrogen and oxygen atoms in total. The molecule has 26 heavy (non-hydrogen) atoms. The number of halogens is 2. The van der Waals surface area contributed by atoms with Crippen molar-refractivity contribution in [2.75, 3.05) is 20.1 Å². The minimum atomic E-state index is -1.58. The topological polar surface area (TPSA) is 34.0 Å². The van der Waals surface area contributed by atoms with Crippen LogP contribution in [0.2, 0.25) is 5.02 Å². The van der Waals surface area contributed by atoms with Crippen LogP contribution < -0.4 is 0 Å². The number of hydrogen-bond acceptors (Lipinski definition) is 3. The van der Waals surface area contributed by atoms with Crippen molar-refractivity contribution in [3.8, 4) is 0 Å². The minimum absolute atomic E-state index is 0.223. The largest absolute Gasteiger partial charge is 0.341 e. The van der Waals surface area contributed by atoms with Gasteiger partial charge in [-0.1, -0.05) is 11.6 Å². The summed E-state index contributed by atoms with van der Waals surface area (Å²) in [6.45, 7) is 3.78. The van der Waals surface area contributed by atoms with E-state index in [4.69, 9.17) is 11.6 Å². The molecule has 0 N–H and O–H groups in total. The Balaban J connectivity index is 1.84. The minimum Gasteiger partial charge on any atom is -0.341 e. The highest BCUT2D eigenvalue weighted by Gasteiger charge is 2.31. The lowest BCUT2D eigenvalue weighted by Gasteiger charge is -2.23. The van der Waals surface area contributed by atoms with Gasteiger partial charge in [0.1, 0.15) is 6.33 Å². The van der Waals surface area contributed by atoms with Gasteiger partial charge in [-0.05, 0) is 50.2 Å². The lowest BCUT2D eigenvalue weighted by molar-refractivity contribution is 0.156. The van der Waals surface area contributed by atoms with E-state index in [-0.39, 0.29) is 6.54 Å². The van der Waals surface area contributed by atoms with E-state index in [0.717, 1.165) is 36.8 Å². The third kappa shape index (κ3) is 3.10. The molecule has 0 amide bonds. The van der Waals surface area contributed by atoms with Crippen molar-refractivity contribution in [1.29, 1.82) is 0 Å². The van der Waals surface area contributed by atoms with Crippen molar-refractivity contribution in [2.24, 2.45) is 0 Å². The third-order valence-electron chi connectivity index (χ3n) is 5.29. The molecule has 4 rings (SSSR count). The van der Waals surface area contributed by atoms with Gasteiger partial charge < -0.3 is 9.47 Å². The molecule has 1 aliphatic rings. The van der Waals surface area contributed by atoms with Crippen LogP contribution in [0, 0.1) is 0 Å². The van der Waals surface area contributed by atoms with Crippen LogP contribution in [0.1, 0.15) is 23.9 Å². The Morgan fingerprint density at radius 3 is 2.81 bits per heavy atom. The summed E-state index contributed by atoms with van der Waals surface area (Å²) < 4.78 is 17.7. The Bertz CT molecular complexity index is 936. The lowest BCUT2D eigenvalue weighted by atomic mass is 10.0.